The highest BCUT2D eigenvalue weighted by Gasteiger charge is 2.27. The fourth-order valence-electron chi connectivity index (χ4n) is 2.47. The number of nitrogens with zero attached hydrogens (tertiary/aromatic N) is 2. The van der Waals surface area contributed by atoms with Gasteiger partial charge in [0.15, 0.2) is 0 Å². The molecule has 1 aromatic carbocycles. The van der Waals surface area contributed by atoms with Gasteiger partial charge in [0.25, 0.3) is 0 Å². The van der Waals surface area contributed by atoms with E-state index in [0.717, 1.165) is 24.9 Å². The Morgan fingerprint density at radius 2 is 2.17 bits per heavy atom. The van der Waals surface area contributed by atoms with E-state index in [1.165, 1.54) is 12.1 Å². The van der Waals surface area contributed by atoms with Gasteiger partial charge in [0.2, 0.25) is 0 Å². The molecule has 96 valence electrons. The van der Waals surface area contributed by atoms with Gasteiger partial charge in [-0.2, -0.15) is 5.26 Å². The first kappa shape index (κ1) is 13.0. The summed E-state index contributed by atoms with van der Waals surface area (Å²) < 4.78 is 13.3. The van der Waals surface area contributed by atoms with Crippen LogP contribution in [0.15, 0.2) is 18.2 Å². The van der Waals surface area contributed by atoms with Gasteiger partial charge in [0.05, 0.1) is 17.7 Å². The fraction of sp³-hybridized carbons (Fsp3) is 0.500. The summed E-state index contributed by atoms with van der Waals surface area (Å²) in [5, 5.41) is 18.0. The summed E-state index contributed by atoms with van der Waals surface area (Å²) in [5.41, 5.74) is 1.17. The Hall–Kier alpha value is -1.44. The topological polar surface area (TPSA) is 47.3 Å². The average Bonchev–Trinajstić information content (AvgIpc) is 2.26. The monoisotopic (exact) mass is 248 g/mol. The summed E-state index contributed by atoms with van der Waals surface area (Å²) in [4.78, 5) is 2.10. The van der Waals surface area contributed by atoms with Crippen molar-refractivity contribution in [3.8, 4) is 6.07 Å². The highest BCUT2D eigenvalue weighted by Crippen LogP contribution is 2.27. The van der Waals surface area contributed by atoms with Crippen LogP contribution in [0.4, 0.5) is 4.39 Å². The van der Waals surface area contributed by atoms with Crippen LogP contribution in [0, 0.1) is 23.1 Å². The molecule has 0 bridgehead atoms. The summed E-state index contributed by atoms with van der Waals surface area (Å²) in [6.45, 7) is 1.52. The Morgan fingerprint density at radius 1 is 1.44 bits per heavy atom. The van der Waals surface area contributed by atoms with Crippen LogP contribution in [-0.4, -0.2) is 29.7 Å². The predicted octanol–water partition coefficient (Wildman–Crippen LogP) is 1.90. The first-order chi connectivity index (χ1) is 8.56. The van der Waals surface area contributed by atoms with Crippen molar-refractivity contribution in [2.45, 2.75) is 25.5 Å². The molecule has 0 saturated heterocycles. The van der Waals surface area contributed by atoms with E-state index in [-0.39, 0.29) is 11.9 Å². The second kappa shape index (κ2) is 5.47. The molecule has 1 saturated carbocycles. The number of aliphatic hydroxyl groups is 1. The van der Waals surface area contributed by atoms with Gasteiger partial charge in [-0.3, -0.25) is 0 Å². The van der Waals surface area contributed by atoms with E-state index in [0.29, 0.717) is 18.0 Å². The summed E-state index contributed by atoms with van der Waals surface area (Å²) in [7, 11) is 1.97. The molecule has 1 aliphatic rings. The number of hydrogen-bond acceptors (Lipinski definition) is 3. The van der Waals surface area contributed by atoms with Crippen molar-refractivity contribution < 1.29 is 9.50 Å². The third-order valence-corrected chi connectivity index (χ3v) is 3.32. The van der Waals surface area contributed by atoms with Crippen molar-refractivity contribution in [1.29, 1.82) is 5.26 Å². The smallest absolute Gasteiger partial charge is 0.124 e. The lowest BCUT2D eigenvalue weighted by atomic mass is 9.82. The van der Waals surface area contributed by atoms with Gasteiger partial charge in [-0.15, -0.1) is 0 Å². The van der Waals surface area contributed by atoms with Gasteiger partial charge in [-0.25, -0.2) is 4.39 Å². The minimum atomic E-state index is -0.364. The van der Waals surface area contributed by atoms with Crippen LogP contribution in [0.3, 0.4) is 0 Å². The zero-order valence-corrected chi connectivity index (χ0v) is 10.4. The van der Waals surface area contributed by atoms with Crippen LogP contribution >= 0.6 is 0 Å². The normalized spacial score (nSPS) is 22.6. The third-order valence-electron chi connectivity index (χ3n) is 3.32. The van der Waals surface area contributed by atoms with Gasteiger partial charge in [0.1, 0.15) is 5.82 Å². The number of aliphatic hydroxyl groups excluding tert-OH is 1. The zero-order chi connectivity index (χ0) is 13.1. The summed E-state index contributed by atoms with van der Waals surface area (Å²) in [6.07, 6.45) is 1.58. The molecule has 0 amide bonds. The highest BCUT2D eigenvalue weighted by atomic mass is 19.1. The van der Waals surface area contributed by atoms with E-state index in [9.17, 15) is 9.50 Å². The lowest BCUT2D eigenvalue weighted by molar-refractivity contribution is 0.0274. The van der Waals surface area contributed by atoms with Crippen LogP contribution in [0.2, 0.25) is 0 Å². The number of rotatable bonds is 4. The van der Waals surface area contributed by atoms with Crippen molar-refractivity contribution in [3.63, 3.8) is 0 Å². The van der Waals surface area contributed by atoms with E-state index in [2.05, 4.69) is 4.90 Å². The molecule has 0 aliphatic heterocycles. The molecule has 0 unspecified atom stereocenters. The van der Waals surface area contributed by atoms with Crippen molar-refractivity contribution in [3.05, 3.63) is 35.1 Å². The van der Waals surface area contributed by atoms with E-state index < -0.39 is 0 Å². The first-order valence-corrected chi connectivity index (χ1v) is 6.13. The maximum atomic E-state index is 13.3. The first-order valence-electron chi connectivity index (χ1n) is 6.13. The van der Waals surface area contributed by atoms with Crippen LogP contribution in [0.1, 0.15) is 24.0 Å². The Bertz CT molecular complexity index is 463. The molecule has 4 heteroatoms. The third kappa shape index (κ3) is 3.28. The molecule has 1 aliphatic carbocycles. The summed E-state index contributed by atoms with van der Waals surface area (Å²) in [5.74, 6) is 0.172. The quantitative estimate of drug-likeness (QED) is 0.885. The van der Waals surface area contributed by atoms with Crippen LogP contribution in [0.25, 0.3) is 0 Å². The minimum Gasteiger partial charge on any atom is -0.393 e. The average molecular weight is 248 g/mol. The molecule has 0 atom stereocenters. The Labute approximate surface area is 106 Å². The van der Waals surface area contributed by atoms with E-state index in [1.54, 1.807) is 6.07 Å². The Morgan fingerprint density at radius 3 is 2.78 bits per heavy atom. The van der Waals surface area contributed by atoms with Gasteiger partial charge < -0.3 is 10.0 Å². The molecule has 1 N–H and O–H groups in total. The molecular weight excluding hydrogens is 231 g/mol. The lowest BCUT2D eigenvalue weighted by Gasteiger charge is -2.34. The van der Waals surface area contributed by atoms with E-state index in [4.69, 9.17) is 5.26 Å². The predicted molar refractivity (Wildman–Crippen MR) is 66.2 cm³/mol. The lowest BCUT2D eigenvalue weighted by Crippen LogP contribution is -2.36. The standard InChI is InChI=1S/C14H17FN2O/c1-17(9-12-5-14(18)6-12)8-11-2-10(7-16)3-13(15)4-11/h2-4,12,14,18H,5-6,8-9H2,1H3. The molecule has 3 nitrogen and oxygen atoms in total. The van der Waals surface area contributed by atoms with Crippen LogP contribution < -0.4 is 0 Å². The van der Waals surface area contributed by atoms with Crippen molar-refractivity contribution in [1.82, 2.24) is 4.90 Å². The summed E-state index contributed by atoms with van der Waals surface area (Å²) >= 11 is 0. The van der Waals surface area contributed by atoms with Crippen LogP contribution in [0.5, 0.6) is 0 Å². The van der Waals surface area contributed by atoms with Crippen molar-refractivity contribution in [2.75, 3.05) is 13.6 Å². The zero-order valence-electron chi connectivity index (χ0n) is 10.4. The Balaban J connectivity index is 1.92. The highest BCUT2D eigenvalue weighted by molar-refractivity contribution is 5.33. The van der Waals surface area contributed by atoms with Gasteiger partial charge >= 0.3 is 0 Å². The summed E-state index contributed by atoms with van der Waals surface area (Å²) in [6, 6.07) is 6.38. The van der Waals surface area contributed by atoms with Crippen molar-refractivity contribution in [2.24, 2.45) is 5.92 Å². The fourth-order valence-corrected chi connectivity index (χ4v) is 2.47. The number of nitriles is 1. The largest absolute Gasteiger partial charge is 0.393 e. The molecule has 0 radical (unpaired) electrons. The van der Waals surface area contributed by atoms with Gasteiger partial charge in [-0.1, -0.05) is 0 Å². The minimum absolute atomic E-state index is 0.136. The molecular formula is C14H17FN2O. The molecule has 0 spiro atoms. The van der Waals surface area contributed by atoms with Crippen molar-refractivity contribution >= 4 is 0 Å². The van der Waals surface area contributed by atoms with Gasteiger partial charge in [0, 0.05) is 13.1 Å². The van der Waals surface area contributed by atoms with Crippen LogP contribution in [-0.2, 0) is 6.54 Å². The van der Waals surface area contributed by atoms with E-state index >= 15 is 0 Å². The Kier molecular flexibility index (Phi) is 3.95. The molecule has 1 fully saturated rings. The molecule has 2 rings (SSSR count). The second-order valence-corrected chi connectivity index (χ2v) is 5.15. The molecule has 0 heterocycles. The van der Waals surface area contributed by atoms with Gasteiger partial charge in [-0.05, 0) is 49.6 Å². The molecule has 18 heavy (non-hydrogen) atoms. The molecule has 0 aromatic heterocycles. The number of hydrogen-bond donors (Lipinski definition) is 1. The van der Waals surface area contributed by atoms with E-state index in [1.807, 2.05) is 13.1 Å². The number of halogens is 1. The molecule has 1 aromatic rings. The maximum Gasteiger partial charge on any atom is 0.124 e. The second-order valence-electron chi connectivity index (χ2n) is 5.15. The number of benzene rings is 1. The maximum absolute atomic E-state index is 13.3. The SMILES string of the molecule is CN(Cc1cc(F)cc(C#N)c1)CC1CC(O)C1.